The summed E-state index contributed by atoms with van der Waals surface area (Å²) in [7, 11) is 0. The predicted molar refractivity (Wildman–Crippen MR) is 122 cm³/mol. The van der Waals surface area contributed by atoms with Crippen LogP contribution in [0.4, 0.5) is 0 Å². The van der Waals surface area contributed by atoms with E-state index in [1.165, 1.54) is 10.1 Å². The number of rotatable bonds is 4. The van der Waals surface area contributed by atoms with Gasteiger partial charge in [-0.1, -0.05) is 18.2 Å². The van der Waals surface area contributed by atoms with Gasteiger partial charge in [-0.25, -0.2) is 0 Å². The molecule has 2 bridgehead atoms. The summed E-state index contributed by atoms with van der Waals surface area (Å²) in [6.45, 7) is 3.35. The summed E-state index contributed by atoms with van der Waals surface area (Å²) in [6, 6.07) is 18.4. The van der Waals surface area contributed by atoms with Gasteiger partial charge in [0.2, 0.25) is 0 Å². The summed E-state index contributed by atoms with van der Waals surface area (Å²) < 4.78 is 8.94. The van der Waals surface area contributed by atoms with Crippen LogP contribution in [0.1, 0.15) is 29.6 Å². The zero-order chi connectivity index (χ0) is 20.9. The van der Waals surface area contributed by atoms with Crippen LogP contribution in [0.3, 0.4) is 0 Å². The highest BCUT2D eigenvalue weighted by Crippen LogP contribution is 2.37. The molecular formula is C25H24N2O3S. The molecule has 4 aromatic rings. The molecule has 2 aliphatic heterocycles. The Morgan fingerprint density at radius 3 is 2.74 bits per heavy atom. The number of pyridine rings is 1. The van der Waals surface area contributed by atoms with E-state index >= 15 is 0 Å². The number of benzene rings is 1. The van der Waals surface area contributed by atoms with E-state index < -0.39 is 0 Å². The van der Waals surface area contributed by atoms with Crippen LogP contribution in [0.2, 0.25) is 0 Å². The summed E-state index contributed by atoms with van der Waals surface area (Å²) in [5.41, 5.74) is 2.12. The minimum absolute atomic E-state index is 0.0658. The highest BCUT2D eigenvalue weighted by atomic mass is 32.1. The van der Waals surface area contributed by atoms with Gasteiger partial charge in [0, 0.05) is 40.8 Å². The number of thiophene rings is 1. The summed E-state index contributed by atoms with van der Waals surface area (Å²) in [5.74, 6) is 2.33. The smallest absolute Gasteiger partial charge is 0.259 e. The van der Waals surface area contributed by atoms with Crippen LogP contribution < -0.4 is 5.56 Å². The van der Waals surface area contributed by atoms with E-state index in [0.29, 0.717) is 17.6 Å². The molecule has 2 aliphatic rings. The third kappa shape index (κ3) is 3.35. The quantitative estimate of drug-likeness (QED) is 0.518. The maximum Gasteiger partial charge on any atom is 0.259 e. The van der Waals surface area contributed by atoms with Gasteiger partial charge in [-0.3, -0.25) is 9.69 Å². The van der Waals surface area contributed by atoms with E-state index in [-0.39, 0.29) is 12.2 Å². The number of aliphatic hydroxyl groups is 1. The van der Waals surface area contributed by atoms with Gasteiger partial charge in [-0.05, 0) is 54.1 Å². The minimum Gasteiger partial charge on any atom is -0.462 e. The van der Waals surface area contributed by atoms with Crippen LogP contribution in [0, 0.1) is 5.92 Å². The van der Waals surface area contributed by atoms with E-state index in [9.17, 15) is 9.90 Å². The van der Waals surface area contributed by atoms with Crippen molar-refractivity contribution in [3.63, 3.8) is 0 Å². The lowest BCUT2D eigenvalue weighted by Gasteiger charge is -2.42. The average Bonchev–Trinajstić information content (AvgIpc) is 3.41. The van der Waals surface area contributed by atoms with Gasteiger partial charge in [0.05, 0.1) is 12.1 Å². The van der Waals surface area contributed by atoms with E-state index in [0.717, 1.165) is 54.5 Å². The normalized spacial score (nSPS) is 20.8. The zero-order valence-electron chi connectivity index (χ0n) is 17.2. The van der Waals surface area contributed by atoms with Crippen molar-refractivity contribution in [2.75, 3.05) is 13.1 Å². The van der Waals surface area contributed by atoms with Crippen molar-refractivity contribution in [1.29, 1.82) is 0 Å². The molecule has 0 unspecified atom stereocenters. The number of nitrogens with zero attached hydrogens (tertiary/aromatic N) is 2. The molecule has 6 heteroatoms. The van der Waals surface area contributed by atoms with Gasteiger partial charge in [0.1, 0.15) is 18.1 Å². The number of furan rings is 1. The van der Waals surface area contributed by atoms with Crippen molar-refractivity contribution in [3.8, 4) is 10.4 Å². The molecule has 0 aliphatic carbocycles. The summed E-state index contributed by atoms with van der Waals surface area (Å²) in [6.07, 6.45) is 1.14. The van der Waals surface area contributed by atoms with Gasteiger partial charge in [0.25, 0.3) is 5.56 Å². The molecule has 1 fully saturated rings. The highest BCUT2D eigenvalue weighted by Gasteiger charge is 2.35. The first kappa shape index (κ1) is 19.0. The van der Waals surface area contributed by atoms with Crippen LogP contribution in [-0.4, -0.2) is 27.7 Å². The molecule has 1 saturated heterocycles. The number of hydrogen-bond acceptors (Lipinski definition) is 5. The lowest BCUT2D eigenvalue weighted by atomic mass is 9.83. The number of hydrogen-bond donors (Lipinski definition) is 1. The van der Waals surface area contributed by atoms with E-state index in [4.69, 9.17) is 4.42 Å². The zero-order valence-corrected chi connectivity index (χ0v) is 18.0. The summed E-state index contributed by atoms with van der Waals surface area (Å²) in [5, 5.41) is 10.4. The Kier molecular flexibility index (Phi) is 4.60. The molecule has 5 nitrogen and oxygen atoms in total. The lowest BCUT2D eigenvalue weighted by Crippen LogP contribution is -2.46. The summed E-state index contributed by atoms with van der Waals surface area (Å²) >= 11 is 1.69. The van der Waals surface area contributed by atoms with Gasteiger partial charge >= 0.3 is 0 Å². The van der Waals surface area contributed by atoms with E-state index in [1.807, 2.05) is 34.9 Å². The Morgan fingerprint density at radius 1 is 1.03 bits per heavy atom. The highest BCUT2D eigenvalue weighted by molar-refractivity contribution is 7.22. The van der Waals surface area contributed by atoms with Gasteiger partial charge < -0.3 is 14.1 Å². The standard InChI is InChI=1S/C25H24N2O3S/c28-15-20-6-5-19(30-20)14-26-11-16-9-18(13-26)22-8-7-21(25(29)27(22)12-16)24-10-17-3-1-2-4-23(17)31-24/h1-8,10,16,18,28H,9,11-15H2/t16-,18-/m1/s1. The molecule has 6 rings (SSSR count). The maximum atomic E-state index is 13.4. The molecule has 3 aromatic heterocycles. The molecule has 0 amide bonds. The van der Waals surface area contributed by atoms with E-state index in [1.54, 1.807) is 11.3 Å². The Bertz CT molecular complexity index is 1280. The van der Waals surface area contributed by atoms with Crippen LogP contribution in [0.15, 0.2) is 63.8 Å². The van der Waals surface area contributed by atoms with Crippen LogP contribution >= 0.6 is 11.3 Å². The molecule has 1 aromatic carbocycles. The van der Waals surface area contributed by atoms with Crippen LogP contribution in [0.5, 0.6) is 0 Å². The minimum atomic E-state index is -0.0658. The molecule has 158 valence electrons. The third-order valence-corrected chi connectivity index (χ3v) is 7.77. The first-order valence-corrected chi connectivity index (χ1v) is 11.6. The molecule has 0 spiro atoms. The fourth-order valence-corrected chi connectivity index (χ4v) is 6.37. The van der Waals surface area contributed by atoms with E-state index in [2.05, 4.69) is 29.2 Å². The van der Waals surface area contributed by atoms with Crippen molar-refractivity contribution in [3.05, 3.63) is 82.2 Å². The largest absolute Gasteiger partial charge is 0.462 e. The second-order valence-corrected chi connectivity index (χ2v) is 9.84. The number of likely N-dealkylation sites (tertiary alicyclic amines) is 1. The van der Waals surface area contributed by atoms with Crippen molar-refractivity contribution < 1.29 is 9.52 Å². The lowest BCUT2D eigenvalue weighted by molar-refractivity contribution is 0.106. The van der Waals surface area contributed by atoms with Gasteiger partial charge in [0.15, 0.2) is 0 Å². The molecule has 0 radical (unpaired) electrons. The molecule has 5 heterocycles. The third-order valence-electron chi connectivity index (χ3n) is 6.62. The SMILES string of the molecule is O=c1c(-c2cc3ccccc3s2)ccc2n1C[C@@H]1C[C@@H]2CN(Cc2ccc(CO)o2)C1. The van der Waals surface area contributed by atoms with Crippen LogP contribution in [-0.2, 0) is 19.7 Å². The fourth-order valence-electron chi connectivity index (χ4n) is 5.29. The van der Waals surface area contributed by atoms with Gasteiger partial charge in [-0.2, -0.15) is 0 Å². The Morgan fingerprint density at radius 2 is 1.90 bits per heavy atom. The van der Waals surface area contributed by atoms with Crippen molar-refractivity contribution in [2.45, 2.75) is 32.0 Å². The molecular weight excluding hydrogens is 408 g/mol. The Balaban J connectivity index is 1.29. The van der Waals surface area contributed by atoms with Crippen molar-refractivity contribution in [2.24, 2.45) is 5.92 Å². The first-order valence-electron chi connectivity index (χ1n) is 10.8. The fraction of sp³-hybridized carbons (Fsp3) is 0.320. The van der Waals surface area contributed by atoms with Crippen molar-refractivity contribution >= 4 is 21.4 Å². The number of aromatic nitrogens is 1. The van der Waals surface area contributed by atoms with Crippen LogP contribution in [0.25, 0.3) is 20.5 Å². The number of piperidine rings is 1. The number of aliphatic hydroxyl groups excluding tert-OH is 1. The first-order chi connectivity index (χ1) is 15.2. The Labute approximate surface area is 184 Å². The monoisotopic (exact) mass is 432 g/mol. The molecule has 2 atom stereocenters. The van der Waals surface area contributed by atoms with Crippen molar-refractivity contribution in [1.82, 2.24) is 9.47 Å². The summed E-state index contributed by atoms with van der Waals surface area (Å²) in [4.78, 5) is 16.9. The number of fused-ring (bicyclic) bond motifs is 5. The molecule has 1 N–H and O–H groups in total. The van der Waals surface area contributed by atoms with Gasteiger partial charge in [-0.15, -0.1) is 11.3 Å². The predicted octanol–water partition coefficient (Wildman–Crippen LogP) is 4.43. The second kappa shape index (κ2) is 7.48. The average molecular weight is 433 g/mol. The topological polar surface area (TPSA) is 58.6 Å². The molecule has 31 heavy (non-hydrogen) atoms. The molecule has 0 saturated carbocycles. The maximum absolute atomic E-state index is 13.4. The Hall–Kier alpha value is -2.67. The second-order valence-electron chi connectivity index (χ2n) is 8.75.